The van der Waals surface area contributed by atoms with Crippen molar-refractivity contribution in [3.05, 3.63) is 16.1 Å². The van der Waals surface area contributed by atoms with Crippen LogP contribution in [0.2, 0.25) is 0 Å². The second-order valence-electron chi connectivity index (χ2n) is 8.31. The summed E-state index contributed by atoms with van der Waals surface area (Å²) in [6, 6.07) is 0. The predicted molar refractivity (Wildman–Crippen MR) is 127 cm³/mol. The van der Waals surface area contributed by atoms with Crippen molar-refractivity contribution in [3.8, 4) is 0 Å². The average molecular weight is 526 g/mol. The van der Waals surface area contributed by atoms with E-state index in [0.29, 0.717) is 25.6 Å². The maximum Gasteiger partial charge on any atom is 0.191 e. The Morgan fingerprint density at radius 1 is 1.29 bits per heavy atom. The summed E-state index contributed by atoms with van der Waals surface area (Å²) in [6.45, 7) is 15.9. The van der Waals surface area contributed by atoms with E-state index in [9.17, 15) is 5.11 Å². The standard InChI is InChI=1S/C19H35N5O2S.HI/c1-6-20-17(21-11-16-23-15(12-27-16)18(2,3)4)22-13-19(5,25)14-24-7-9-26-10-8-24;/h12,25H,6-11,13-14H2,1-5H3,(H2,20,21,22);1H. The zero-order valence-corrected chi connectivity index (χ0v) is 20.9. The summed E-state index contributed by atoms with van der Waals surface area (Å²) in [5, 5.41) is 20.3. The van der Waals surface area contributed by atoms with Gasteiger partial charge in [0.15, 0.2) is 5.96 Å². The fraction of sp³-hybridized carbons (Fsp3) is 0.789. The molecule has 28 heavy (non-hydrogen) atoms. The summed E-state index contributed by atoms with van der Waals surface area (Å²) >= 11 is 1.64. The van der Waals surface area contributed by atoms with Gasteiger partial charge in [-0.05, 0) is 13.8 Å². The first kappa shape index (κ1) is 25.5. The molecule has 9 heteroatoms. The third-order valence-electron chi connectivity index (χ3n) is 4.34. The highest BCUT2D eigenvalue weighted by Gasteiger charge is 2.25. The largest absolute Gasteiger partial charge is 0.387 e. The van der Waals surface area contributed by atoms with Crippen molar-refractivity contribution in [1.82, 2.24) is 20.5 Å². The lowest BCUT2D eigenvalue weighted by Gasteiger charge is -2.34. The lowest BCUT2D eigenvalue weighted by molar-refractivity contribution is -0.0201. The Kier molecular flexibility index (Phi) is 10.6. The van der Waals surface area contributed by atoms with Gasteiger partial charge in [-0.25, -0.2) is 9.98 Å². The third-order valence-corrected chi connectivity index (χ3v) is 5.18. The van der Waals surface area contributed by atoms with Crippen molar-refractivity contribution in [1.29, 1.82) is 0 Å². The molecule has 1 fully saturated rings. The van der Waals surface area contributed by atoms with E-state index in [4.69, 9.17) is 4.74 Å². The van der Waals surface area contributed by atoms with Crippen LogP contribution in [-0.2, 0) is 16.7 Å². The van der Waals surface area contributed by atoms with Gasteiger partial charge in [0.1, 0.15) is 5.01 Å². The number of morpholine rings is 1. The van der Waals surface area contributed by atoms with Gasteiger partial charge in [0.05, 0.1) is 31.1 Å². The second-order valence-corrected chi connectivity index (χ2v) is 9.25. The smallest absolute Gasteiger partial charge is 0.191 e. The molecule has 0 saturated carbocycles. The van der Waals surface area contributed by atoms with E-state index >= 15 is 0 Å². The SMILES string of the molecule is CCNC(=NCc1nc(C(C)(C)C)cs1)NCC(C)(O)CN1CCOCC1.I. The number of ether oxygens (including phenoxy) is 1. The van der Waals surface area contributed by atoms with Crippen molar-refractivity contribution in [2.24, 2.45) is 4.99 Å². The summed E-state index contributed by atoms with van der Waals surface area (Å²) in [5.74, 6) is 0.701. The van der Waals surface area contributed by atoms with Crippen LogP contribution in [0.3, 0.4) is 0 Å². The minimum Gasteiger partial charge on any atom is -0.387 e. The van der Waals surface area contributed by atoms with Crippen LogP contribution in [0.5, 0.6) is 0 Å². The molecule has 2 rings (SSSR count). The summed E-state index contributed by atoms with van der Waals surface area (Å²) in [6.07, 6.45) is 0. The van der Waals surface area contributed by atoms with Crippen LogP contribution in [0.1, 0.15) is 45.3 Å². The molecule has 1 aromatic heterocycles. The van der Waals surface area contributed by atoms with Gasteiger partial charge in [-0.1, -0.05) is 20.8 Å². The van der Waals surface area contributed by atoms with Gasteiger partial charge in [0.2, 0.25) is 0 Å². The first-order chi connectivity index (χ1) is 12.7. The topological polar surface area (TPSA) is 82.0 Å². The zero-order valence-electron chi connectivity index (χ0n) is 17.7. The summed E-state index contributed by atoms with van der Waals surface area (Å²) < 4.78 is 5.37. The average Bonchev–Trinajstić information content (AvgIpc) is 3.07. The molecule has 0 aliphatic carbocycles. The van der Waals surface area contributed by atoms with Crippen molar-refractivity contribution in [3.63, 3.8) is 0 Å². The monoisotopic (exact) mass is 525 g/mol. The van der Waals surface area contributed by atoms with Crippen LogP contribution >= 0.6 is 35.3 Å². The van der Waals surface area contributed by atoms with E-state index in [1.54, 1.807) is 11.3 Å². The van der Waals surface area contributed by atoms with Gasteiger partial charge in [0, 0.05) is 43.5 Å². The highest BCUT2D eigenvalue weighted by molar-refractivity contribution is 14.0. The maximum absolute atomic E-state index is 10.7. The Morgan fingerprint density at radius 3 is 2.54 bits per heavy atom. The Hall–Kier alpha value is -0.490. The van der Waals surface area contributed by atoms with E-state index < -0.39 is 5.60 Å². The van der Waals surface area contributed by atoms with Crippen molar-refractivity contribution in [2.75, 3.05) is 45.9 Å². The molecular weight excluding hydrogens is 489 g/mol. The van der Waals surface area contributed by atoms with Crippen LogP contribution in [0.15, 0.2) is 10.4 Å². The highest BCUT2D eigenvalue weighted by atomic mass is 127. The molecule has 1 aliphatic heterocycles. The molecule has 0 spiro atoms. The summed E-state index contributed by atoms with van der Waals surface area (Å²) in [7, 11) is 0. The molecule has 3 N–H and O–H groups in total. The first-order valence-corrected chi connectivity index (χ1v) is 10.6. The number of hydrogen-bond donors (Lipinski definition) is 3. The second kappa shape index (κ2) is 11.6. The fourth-order valence-corrected chi connectivity index (χ4v) is 3.73. The Labute approximate surface area is 190 Å². The van der Waals surface area contributed by atoms with Gasteiger partial charge in [-0.3, -0.25) is 4.90 Å². The van der Waals surface area contributed by atoms with E-state index in [2.05, 4.69) is 51.7 Å². The van der Waals surface area contributed by atoms with Gasteiger partial charge in [0.25, 0.3) is 0 Å². The van der Waals surface area contributed by atoms with Crippen LogP contribution in [0, 0.1) is 0 Å². The molecule has 1 aliphatic rings. The van der Waals surface area contributed by atoms with Crippen LogP contribution < -0.4 is 10.6 Å². The van der Waals surface area contributed by atoms with Crippen molar-refractivity contribution in [2.45, 2.75) is 52.2 Å². The minimum atomic E-state index is -0.839. The van der Waals surface area contributed by atoms with Gasteiger partial charge in [-0.15, -0.1) is 35.3 Å². The van der Waals surface area contributed by atoms with Gasteiger partial charge in [-0.2, -0.15) is 0 Å². The number of nitrogens with zero attached hydrogens (tertiary/aromatic N) is 3. The number of halogens is 1. The maximum atomic E-state index is 10.7. The van der Waals surface area contributed by atoms with Crippen LogP contribution in [-0.4, -0.2) is 72.5 Å². The molecule has 2 heterocycles. The molecule has 1 aromatic rings. The van der Waals surface area contributed by atoms with E-state index in [-0.39, 0.29) is 29.4 Å². The van der Waals surface area contributed by atoms with Crippen LogP contribution in [0.4, 0.5) is 0 Å². The number of nitrogens with one attached hydrogen (secondary N) is 2. The summed E-state index contributed by atoms with van der Waals surface area (Å²) in [4.78, 5) is 11.5. The van der Waals surface area contributed by atoms with E-state index in [0.717, 1.165) is 43.5 Å². The Bertz CT molecular complexity index is 610. The molecule has 7 nitrogen and oxygen atoms in total. The zero-order chi connectivity index (χ0) is 19.9. The first-order valence-electron chi connectivity index (χ1n) is 9.69. The number of guanidine groups is 1. The molecule has 0 radical (unpaired) electrons. The number of β-amino-alcohol motifs (C(OH)–C–C–N with tert-alkyl or cyclic N) is 1. The molecule has 0 aromatic carbocycles. The molecule has 1 saturated heterocycles. The number of aromatic nitrogens is 1. The Morgan fingerprint density at radius 2 is 1.96 bits per heavy atom. The highest BCUT2D eigenvalue weighted by Crippen LogP contribution is 2.24. The quantitative estimate of drug-likeness (QED) is 0.288. The van der Waals surface area contributed by atoms with E-state index in [1.807, 2.05) is 13.8 Å². The van der Waals surface area contributed by atoms with Crippen molar-refractivity contribution < 1.29 is 9.84 Å². The molecule has 0 amide bonds. The minimum absolute atomic E-state index is 0. The molecule has 0 bridgehead atoms. The van der Waals surface area contributed by atoms with Crippen molar-refractivity contribution >= 4 is 41.3 Å². The summed E-state index contributed by atoms with van der Waals surface area (Å²) in [5.41, 5.74) is 0.317. The molecule has 1 atom stereocenters. The molecule has 162 valence electrons. The number of hydrogen-bond acceptors (Lipinski definition) is 6. The molecular formula is C19H36IN5O2S. The van der Waals surface area contributed by atoms with Gasteiger partial charge >= 0.3 is 0 Å². The number of rotatable bonds is 7. The lowest BCUT2D eigenvalue weighted by Crippen LogP contribution is -2.52. The normalized spacial score (nSPS) is 18.3. The number of thiazole rings is 1. The number of aliphatic imine (C=N–C) groups is 1. The molecule has 1 unspecified atom stereocenters. The Balaban J connectivity index is 0.00000392. The fourth-order valence-electron chi connectivity index (χ4n) is 2.79. The number of aliphatic hydroxyl groups is 1. The van der Waals surface area contributed by atoms with E-state index in [1.165, 1.54) is 0 Å². The lowest BCUT2D eigenvalue weighted by atomic mass is 9.93. The van der Waals surface area contributed by atoms with Crippen LogP contribution in [0.25, 0.3) is 0 Å². The van der Waals surface area contributed by atoms with Gasteiger partial charge < -0.3 is 20.5 Å². The third kappa shape index (κ3) is 8.89. The predicted octanol–water partition coefficient (Wildman–Crippen LogP) is 2.20.